The van der Waals surface area contributed by atoms with Crippen molar-refractivity contribution in [3.63, 3.8) is 0 Å². The predicted octanol–water partition coefficient (Wildman–Crippen LogP) is 2.69. The van der Waals surface area contributed by atoms with Crippen LogP contribution in [0.2, 0.25) is 0 Å². The molecule has 3 nitrogen and oxygen atoms in total. The Labute approximate surface area is 110 Å². The largest absolute Gasteiger partial charge is 0.349 e. The Balaban J connectivity index is 2.68. The van der Waals surface area contributed by atoms with Crippen LogP contribution in [0.3, 0.4) is 0 Å². The zero-order valence-electron chi connectivity index (χ0n) is 11.8. The first kappa shape index (κ1) is 14.7. The Morgan fingerprint density at radius 2 is 1.89 bits per heavy atom. The molecule has 1 rings (SSSR count). The maximum Gasteiger partial charge on any atom is 0.222 e. The van der Waals surface area contributed by atoms with Crippen molar-refractivity contribution < 1.29 is 4.79 Å². The number of amides is 1. The highest BCUT2D eigenvalue weighted by Gasteiger charge is 2.19. The van der Waals surface area contributed by atoms with Crippen LogP contribution in [0.15, 0.2) is 24.3 Å². The second kappa shape index (κ2) is 6.01. The van der Waals surface area contributed by atoms with Crippen molar-refractivity contribution >= 4 is 5.91 Å². The second-order valence-electron chi connectivity index (χ2n) is 5.60. The van der Waals surface area contributed by atoms with Crippen molar-refractivity contribution in [3.05, 3.63) is 35.4 Å². The maximum absolute atomic E-state index is 11.9. The number of rotatable bonds is 5. The summed E-state index contributed by atoms with van der Waals surface area (Å²) < 4.78 is 0. The summed E-state index contributed by atoms with van der Waals surface area (Å²) in [4.78, 5) is 11.9. The quantitative estimate of drug-likeness (QED) is 0.841. The van der Waals surface area contributed by atoms with Gasteiger partial charge in [0.15, 0.2) is 0 Å². The van der Waals surface area contributed by atoms with E-state index in [0.29, 0.717) is 6.42 Å². The SMILES string of the molecule is CCC(NC(=O)CC(C)(C)N)c1ccc(C)cc1. The first-order valence-corrected chi connectivity index (χ1v) is 6.46. The average molecular weight is 248 g/mol. The Bertz CT molecular complexity index is 390. The molecule has 0 radical (unpaired) electrons. The Morgan fingerprint density at radius 3 is 2.33 bits per heavy atom. The molecule has 0 fully saturated rings. The summed E-state index contributed by atoms with van der Waals surface area (Å²) in [5.41, 5.74) is 7.76. The molecule has 0 saturated heterocycles. The highest BCUT2D eigenvalue weighted by atomic mass is 16.1. The number of carbonyl (C=O) groups excluding carboxylic acids is 1. The fourth-order valence-corrected chi connectivity index (χ4v) is 1.88. The van der Waals surface area contributed by atoms with Gasteiger partial charge >= 0.3 is 0 Å². The number of hydrogen-bond donors (Lipinski definition) is 2. The van der Waals surface area contributed by atoms with E-state index in [0.717, 1.165) is 12.0 Å². The summed E-state index contributed by atoms with van der Waals surface area (Å²) in [5.74, 6) is 0.00919. The van der Waals surface area contributed by atoms with Crippen LogP contribution in [0, 0.1) is 6.92 Å². The monoisotopic (exact) mass is 248 g/mol. The van der Waals surface area contributed by atoms with Gasteiger partial charge in [-0.2, -0.15) is 0 Å². The summed E-state index contributed by atoms with van der Waals surface area (Å²) in [5, 5.41) is 3.04. The molecule has 0 aliphatic rings. The topological polar surface area (TPSA) is 55.1 Å². The lowest BCUT2D eigenvalue weighted by atomic mass is 9.99. The molecule has 1 aromatic carbocycles. The van der Waals surface area contributed by atoms with Gasteiger partial charge < -0.3 is 11.1 Å². The average Bonchev–Trinajstić information content (AvgIpc) is 2.25. The minimum absolute atomic E-state index is 0.00919. The van der Waals surface area contributed by atoms with Crippen LogP contribution in [-0.2, 0) is 4.79 Å². The fraction of sp³-hybridized carbons (Fsp3) is 0.533. The molecule has 0 aliphatic heterocycles. The number of aryl methyl sites for hydroxylation is 1. The molecule has 0 heterocycles. The number of hydrogen-bond acceptors (Lipinski definition) is 2. The molecule has 0 bridgehead atoms. The van der Waals surface area contributed by atoms with E-state index in [1.165, 1.54) is 5.56 Å². The lowest BCUT2D eigenvalue weighted by Gasteiger charge is -2.22. The maximum atomic E-state index is 11.9. The molecule has 1 amide bonds. The third-order valence-corrected chi connectivity index (χ3v) is 2.84. The van der Waals surface area contributed by atoms with Gasteiger partial charge in [0.05, 0.1) is 6.04 Å². The molecule has 1 unspecified atom stereocenters. The lowest BCUT2D eigenvalue weighted by Crippen LogP contribution is -2.40. The number of nitrogens with one attached hydrogen (secondary N) is 1. The van der Waals surface area contributed by atoms with E-state index in [1.807, 2.05) is 13.8 Å². The van der Waals surface area contributed by atoms with Crippen molar-refractivity contribution in [1.82, 2.24) is 5.32 Å². The van der Waals surface area contributed by atoms with Gasteiger partial charge in [-0.3, -0.25) is 4.79 Å². The lowest BCUT2D eigenvalue weighted by molar-refractivity contribution is -0.122. The molecule has 0 spiro atoms. The smallest absolute Gasteiger partial charge is 0.222 e. The van der Waals surface area contributed by atoms with Crippen LogP contribution < -0.4 is 11.1 Å². The summed E-state index contributed by atoms with van der Waals surface area (Å²) in [6.45, 7) is 7.84. The molecule has 18 heavy (non-hydrogen) atoms. The van der Waals surface area contributed by atoms with E-state index >= 15 is 0 Å². The zero-order valence-corrected chi connectivity index (χ0v) is 11.8. The minimum Gasteiger partial charge on any atom is -0.349 e. The van der Waals surface area contributed by atoms with Crippen LogP contribution in [0.1, 0.15) is 50.8 Å². The van der Waals surface area contributed by atoms with Crippen molar-refractivity contribution in [1.29, 1.82) is 0 Å². The van der Waals surface area contributed by atoms with Crippen molar-refractivity contribution in [2.45, 2.75) is 52.1 Å². The van der Waals surface area contributed by atoms with Gasteiger partial charge in [0.1, 0.15) is 0 Å². The standard InChI is InChI=1S/C15H24N2O/c1-5-13(12-8-6-11(2)7-9-12)17-14(18)10-15(3,4)16/h6-9,13H,5,10,16H2,1-4H3,(H,17,18). The van der Waals surface area contributed by atoms with Crippen LogP contribution in [-0.4, -0.2) is 11.4 Å². The van der Waals surface area contributed by atoms with Gasteiger partial charge in [0, 0.05) is 12.0 Å². The second-order valence-corrected chi connectivity index (χ2v) is 5.60. The van der Waals surface area contributed by atoms with E-state index < -0.39 is 5.54 Å². The number of benzene rings is 1. The Kier molecular flexibility index (Phi) is 4.91. The van der Waals surface area contributed by atoms with Crippen LogP contribution in [0.25, 0.3) is 0 Å². The Morgan fingerprint density at radius 1 is 1.33 bits per heavy atom. The van der Waals surface area contributed by atoms with Crippen molar-refractivity contribution in [2.24, 2.45) is 5.73 Å². The summed E-state index contributed by atoms with van der Waals surface area (Å²) in [7, 11) is 0. The molecule has 0 aromatic heterocycles. The van der Waals surface area contributed by atoms with Gasteiger partial charge in [0.2, 0.25) is 5.91 Å². The normalized spacial score (nSPS) is 13.2. The van der Waals surface area contributed by atoms with Gasteiger partial charge in [0.25, 0.3) is 0 Å². The van der Waals surface area contributed by atoms with E-state index in [1.54, 1.807) is 0 Å². The van der Waals surface area contributed by atoms with Crippen LogP contribution >= 0.6 is 0 Å². The fourth-order valence-electron chi connectivity index (χ4n) is 1.88. The zero-order chi connectivity index (χ0) is 13.8. The van der Waals surface area contributed by atoms with Gasteiger partial charge in [-0.25, -0.2) is 0 Å². The van der Waals surface area contributed by atoms with E-state index in [9.17, 15) is 4.79 Å². The van der Waals surface area contributed by atoms with Gasteiger partial charge in [-0.05, 0) is 32.8 Å². The van der Waals surface area contributed by atoms with Gasteiger partial charge in [-0.15, -0.1) is 0 Å². The first-order chi connectivity index (χ1) is 8.31. The molecule has 0 aliphatic carbocycles. The molecule has 3 heteroatoms. The number of nitrogens with two attached hydrogens (primary N) is 1. The number of carbonyl (C=O) groups is 1. The molecule has 100 valence electrons. The van der Waals surface area contributed by atoms with E-state index in [2.05, 4.69) is 43.4 Å². The highest BCUT2D eigenvalue weighted by Crippen LogP contribution is 2.17. The van der Waals surface area contributed by atoms with Crippen LogP contribution in [0.4, 0.5) is 0 Å². The molecule has 1 atom stereocenters. The summed E-state index contributed by atoms with van der Waals surface area (Å²) >= 11 is 0. The predicted molar refractivity (Wildman–Crippen MR) is 75.2 cm³/mol. The van der Waals surface area contributed by atoms with E-state index in [-0.39, 0.29) is 11.9 Å². The summed E-state index contributed by atoms with van der Waals surface area (Å²) in [6.07, 6.45) is 1.22. The van der Waals surface area contributed by atoms with E-state index in [4.69, 9.17) is 5.73 Å². The minimum atomic E-state index is -0.463. The molecule has 0 saturated carbocycles. The molecule has 3 N–H and O–H groups in total. The summed E-state index contributed by atoms with van der Waals surface area (Å²) in [6, 6.07) is 8.34. The molecule has 1 aromatic rings. The van der Waals surface area contributed by atoms with Crippen molar-refractivity contribution in [3.8, 4) is 0 Å². The molecular formula is C15H24N2O. The Hall–Kier alpha value is -1.35. The first-order valence-electron chi connectivity index (χ1n) is 6.46. The van der Waals surface area contributed by atoms with Gasteiger partial charge in [-0.1, -0.05) is 36.8 Å². The highest BCUT2D eigenvalue weighted by molar-refractivity contribution is 5.77. The third kappa shape index (κ3) is 4.88. The third-order valence-electron chi connectivity index (χ3n) is 2.84. The molecular weight excluding hydrogens is 224 g/mol. The van der Waals surface area contributed by atoms with Crippen molar-refractivity contribution in [2.75, 3.05) is 0 Å². The van der Waals surface area contributed by atoms with Crippen LogP contribution in [0.5, 0.6) is 0 Å².